The molecule has 1 rings (SSSR count). The first-order chi connectivity index (χ1) is 7.82. The van der Waals surface area contributed by atoms with Crippen LogP contribution in [0.25, 0.3) is 0 Å². The highest BCUT2D eigenvalue weighted by atomic mass is 16.5. The SMILES string of the molecule is COc1ccc(C(=O)C(C)(C)C)c(C)c1OC. The molecule has 3 nitrogen and oxygen atoms in total. The highest BCUT2D eigenvalue weighted by Gasteiger charge is 2.26. The van der Waals surface area contributed by atoms with Crippen molar-refractivity contribution in [2.75, 3.05) is 14.2 Å². The third-order valence-corrected chi connectivity index (χ3v) is 2.72. The third kappa shape index (κ3) is 2.60. The van der Waals surface area contributed by atoms with Crippen molar-refractivity contribution in [1.82, 2.24) is 0 Å². The number of rotatable bonds is 3. The maximum absolute atomic E-state index is 12.3. The predicted octanol–water partition coefficient (Wildman–Crippen LogP) is 3.24. The lowest BCUT2D eigenvalue weighted by Gasteiger charge is -2.20. The fourth-order valence-electron chi connectivity index (χ4n) is 1.73. The van der Waals surface area contributed by atoms with Gasteiger partial charge in [-0.1, -0.05) is 20.8 Å². The number of ether oxygens (including phenoxy) is 2. The van der Waals surface area contributed by atoms with Gasteiger partial charge in [-0.3, -0.25) is 4.79 Å². The zero-order chi connectivity index (χ0) is 13.2. The van der Waals surface area contributed by atoms with E-state index in [9.17, 15) is 4.79 Å². The Morgan fingerprint density at radius 2 is 1.71 bits per heavy atom. The molecule has 0 saturated carbocycles. The van der Waals surface area contributed by atoms with Crippen LogP contribution in [0.1, 0.15) is 36.7 Å². The van der Waals surface area contributed by atoms with Gasteiger partial charge < -0.3 is 9.47 Å². The Bertz CT molecular complexity index is 428. The normalized spacial score (nSPS) is 11.2. The molecule has 17 heavy (non-hydrogen) atoms. The standard InChI is InChI=1S/C14H20O3/c1-9-10(13(15)14(2,3)4)7-8-11(16-5)12(9)17-6/h7-8H,1-6H3. The second-order valence-corrected chi connectivity index (χ2v) is 5.05. The molecule has 0 aromatic heterocycles. The number of benzene rings is 1. The number of hydrogen-bond donors (Lipinski definition) is 0. The minimum absolute atomic E-state index is 0.107. The number of hydrogen-bond acceptors (Lipinski definition) is 3. The lowest BCUT2D eigenvalue weighted by atomic mass is 9.84. The van der Waals surface area contributed by atoms with Gasteiger partial charge in [-0.2, -0.15) is 0 Å². The summed E-state index contributed by atoms with van der Waals surface area (Å²) in [5, 5.41) is 0. The zero-order valence-corrected chi connectivity index (χ0v) is 11.4. The molecule has 0 fully saturated rings. The summed E-state index contributed by atoms with van der Waals surface area (Å²) in [5.41, 5.74) is 1.12. The maximum Gasteiger partial charge on any atom is 0.168 e. The Kier molecular flexibility index (Phi) is 3.81. The summed E-state index contributed by atoms with van der Waals surface area (Å²) < 4.78 is 10.5. The van der Waals surface area contributed by atoms with E-state index in [-0.39, 0.29) is 5.78 Å². The minimum atomic E-state index is -0.398. The van der Waals surface area contributed by atoms with Crippen molar-refractivity contribution in [1.29, 1.82) is 0 Å². The van der Waals surface area contributed by atoms with E-state index in [1.807, 2.05) is 27.7 Å². The third-order valence-electron chi connectivity index (χ3n) is 2.72. The van der Waals surface area contributed by atoms with Crippen LogP contribution in [0.15, 0.2) is 12.1 Å². The van der Waals surface area contributed by atoms with Gasteiger partial charge in [-0.25, -0.2) is 0 Å². The monoisotopic (exact) mass is 236 g/mol. The van der Waals surface area contributed by atoms with E-state index in [1.54, 1.807) is 26.4 Å². The van der Waals surface area contributed by atoms with Gasteiger partial charge >= 0.3 is 0 Å². The van der Waals surface area contributed by atoms with Crippen molar-refractivity contribution in [2.45, 2.75) is 27.7 Å². The fraction of sp³-hybridized carbons (Fsp3) is 0.500. The van der Waals surface area contributed by atoms with Crippen molar-refractivity contribution in [3.63, 3.8) is 0 Å². The van der Waals surface area contributed by atoms with Gasteiger partial charge in [0.25, 0.3) is 0 Å². The first-order valence-electron chi connectivity index (χ1n) is 5.59. The molecule has 0 atom stereocenters. The molecule has 0 aliphatic carbocycles. The maximum atomic E-state index is 12.3. The molecule has 0 radical (unpaired) electrons. The zero-order valence-electron chi connectivity index (χ0n) is 11.4. The van der Waals surface area contributed by atoms with Crippen LogP contribution < -0.4 is 9.47 Å². The second kappa shape index (κ2) is 4.78. The molecule has 0 amide bonds. The Hall–Kier alpha value is -1.51. The van der Waals surface area contributed by atoms with Crippen molar-refractivity contribution in [2.24, 2.45) is 5.41 Å². The molecule has 0 N–H and O–H groups in total. The van der Waals surface area contributed by atoms with Crippen LogP contribution in [-0.4, -0.2) is 20.0 Å². The summed E-state index contributed by atoms with van der Waals surface area (Å²) in [4.78, 5) is 12.3. The van der Waals surface area contributed by atoms with Crippen LogP contribution in [0.5, 0.6) is 11.5 Å². The first-order valence-corrected chi connectivity index (χ1v) is 5.59. The van der Waals surface area contributed by atoms with Crippen LogP contribution in [0.3, 0.4) is 0 Å². The van der Waals surface area contributed by atoms with Crippen LogP contribution in [0, 0.1) is 12.3 Å². The van der Waals surface area contributed by atoms with Crippen LogP contribution in [0.2, 0.25) is 0 Å². The summed E-state index contributed by atoms with van der Waals surface area (Å²) in [5.74, 6) is 1.38. The van der Waals surface area contributed by atoms with Gasteiger partial charge in [-0.05, 0) is 19.1 Å². The van der Waals surface area contributed by atoms with Gasteiger partial charge in [0.2, 0.25) is 0 Å². The lowest BCUT2D eigenvalue weighted by molar-refractivity contribution is 0.0857. The molecule has 0 spiro atoms. The van der Waals surface area contributed by atoms with E-state index in [0.29, 0.717) is 17.1 Å². The molecule has 0 bridgehead atoms. The molecular formula is C14H20O3. The van der Waals surface area contributed by atoms with E-state index in [1.165, 1.54) is 0 Å². The van der Waals surface area contributed by atoms with E-state index in [4.69, 9.17) is 9.47 Å². The van der Waals surface area contributed by atoms with E-state index >= 15 is 0 Å². The molecule has 0 unspecified atom stereocenters. The Balaban J connectivity index is 3.34. The predicted molar refractivity (Wildman–Crippen MR) is 68.1 cm³/mol. The number of carbonyl (C=O) groups excluding carboxylic acids is 1. The van der Waals surface area contributed by atoms with Crippen LogP contribution in [-0.2, 0) is 0 Å². The van der Waals surface area contributed by atoms with Gasteiger partial charge in [0.05, 0.1) is 14.2 Å². The average molecular weight is 236 g/mol. The Morgan fingerprint density at radius 3 is 2.12 bits per heavy atom. The Morgan fingerprint density at radius 1 is 1.12 bits per heavy atom. The lowest BCUT2D eigenvalue weighted by Crippen LogP contribution is -2.21. The molecule has 1 aromatic rings. The molecule has 0 aliphatic rings. The van der Waals surface area contributed by atoms with Crippen molar-refractivity contribution >= 4 is 5.78 Å². The molecule has 3 heteroatoms. The highest BCUT2D eigenvalue weighted by molar-refractivity contribution is 6.01. The van der Waals surface area contributed by atoms with Gasteiger partial charge in [0.15, 0.2) is 17.3 Å². The quantitative estimate of drug-likeness (QED) is 0.756. The van der Waals surface area contributed by atoms with E-state index < -0.39 is 5.41 Å². The number of methoxy groups -OCH3 is 2. The van der Waals surface area contributed by atoms with Crippen LogP contribution in [0.4, 0.5) is 0 Å². The van der Waals surface area contributed by atoms with Gasteiger partial charge in [-0.15, -0.1) is 0 Å². The number of carbonyl (C=O) groups is 1. The number of Topliss-reactive ketones (excluding diaryl/α,β-unsaturated/α-hetero) is 1. The summed E-state index contributed by atoms with van der Waals surface area (Å²) in [6, 6.07) is 3.56. The molecular weight excluding hydrogens is 216 g/mol. The second-order valence-electron chi connectivity index (χ2n) is 5.05. The van der Waals surface area contributed by atoms with Crippen LogP contribution >= 0.6 is 0 Å². The fourth-order valence-corrected chi connectivity index (χ4v) is 1.73. The topological polar surface area (TPSA) is 35.5 Å². The largest absolute Gasteiger partial charge is 0.493 e. The first kappa shape index (κ1) is 13.6. The molecule has 0 saturated heterocycles. The van der Waals surface area contributed by atoms with Gasteiger partial charge in [0, 0.05) is 16.5 Å². The van der Waals surface area contributed by atoms with Crippen molar-refractivity contribution < 1.29 is 14.3 Å². The molecule has 1 aromatic carbocycles. The summed E-state index contributed by atoms with van der Waals surface area (Å²) in [7, 11) is 3.17. The smallest absolute Gasteiger partial charge is 0.168 e. The summed E-state index contributed by atoms with van der Waals surface area (Å²) in [6.07, 6.45) is 0. The van der Waals surface area contributed by atoms with Crippen molar-refractivity contribution in [3.8, 4) is 11.5 Å². The summed E-state index contributed by atoms with van der Waals surface area (Å²) in [6.45, 7) is 7.60. The summed E-state index contributed by atoms with van der Waals surface area (Å²) >= 11 is 0. The average Bonchev–Trinajstić information content (AvgIpc) is 2.26. The van der Waals surface area contributed by atoms with E-state index in [2.05, 4.69) is 0 Å². The minimum Gasteiger partial charge on any atom is -0.493 e. The van der Waals surface area contributed by atoms with Gasteiger partial charge in [0.1, 0.15) is 0 Å². The molecule has 0 aliphatic heterocycles. The molecule has 0 heterocycles. The number of ketones is 1. The Labute approximate surface area is 103 Å². The van der Waals surface area contributed by atoms with E-state index in [0.717, 1.165) is 5.56 Å². The highest BCUT2D eigenvalue weighted by Crippen LogP contribution is 2.35. The van der Waals surface area contributed by atoms with Crippen molar-refractivity contribution in [3.05, 3.63) is 23.3 Å². The molecule has 94 valence electrons.